The molecule has 0 aliphatic rings. The Morgan fingerprint density at radius 1 is 1.46 bits per heavy atom. The molecule has 0 aliphatic carbocycles. The molecular weight excluding hydrogens is 168 g/mol. The fraction of sp³-hybridized carbons (Fsp3) is 1.00. The smallest absolute Gasteiger partial charge is 0.0869 e. The summed E-state index contributed by atoms with van der Waals surface area (Å²) in [5.41, 5.74) is -0.669. The number of methoxy groups -OCH3 is 1. The molecule has 0 saturated carbocycles. The topological polar surface area (TPSA) is 44.7 Å². The summed E-state index contributed by atoms with van der Waals surface area (Å²) in [7, 11) is 5.56. The molecule has 0 saturated heterocycles. The standard InChI is InChI=1S/C9H22N2O2/c1-9(12,8-11(2)3)7-10-5-6-13-4/h10,12H,5-8H2,1-4H3. The van der Waals surface area contributed by atoms with E-state index in [2.05, 4.69) is 5.32 Å². The molecule has 0 spiro atoms. The second kappa shape index (κ2) is 6.32. The molecular formula is C9H22N2O2. The molecule has 0 aliphatic heterocycles. The van der Waals surface area contributed by atoms with Crippen LogP contribution in [0.2, 0.25) is 0 Å². The first-order valence-electron chi connectivity index (χ1n) is 4.55. The molecule has 1 unspecified atom stereocenters. The van der Waals surface area contributed by atoms with E-state index in [9.17, 15) is 5.11 Å². The Morgan fingerprint density at radius 2 is 2.08 bits per heavy atom. The summed E-state index contributed by atoms with van der Waals surface area (Å²) in [6, 6.07) is 0. The van der Waals surface area contributed by atoms with Gasteiger partial charge in [-0.3, -0.25) is 0 Å². The highest BCUT2D eigenvalue weighted by molar-refractivity contribution is 4.77. The van der Waals surface area contributed by atoms with Crippen LogP contribution in [0.4, 0.5) is 0 Å². The first kappa shape index (κ1) is 12.8. The van der Waals surface area contributed by atoms with Gasteiger partial charge in [-0.15, -0.1) is 0 Å². The van der Waals surface area contributed by atoms with Gasteiger partial charge in [-0.05, 0) is 21.0 Å². The maximum atomic E-state index is 9.84. The van der Waals surface area contributed by atoms with Gasteiger partial charge < -0.3 is 20.1 Å². The van der Waals surface area contributed by atoms with Crippen LogP contribution in [0.15, 0.2) is 0 Å². The molecule has 4 nitrogen and oxygen atoms in total. The summed E-state index contributed by atoms with van der Waals surface area (Å²) in [5.74, 6) is 0. The summed E-state index contributed by atoms with van der Waals surface area (Å²) in [5, 5.41) is 13.0. The van der Waals surface area contributed by atoms with Crippen molar-refractivity contribution in [2.24, 2.45) is 0 Å². The average Bonchev–Trinajstić information content (AvgIpc) is 1.95. The average molecular weight is 190 g/mol. The van der Waals surface area contributed by atoms with Crippen LogP contribution in [0.3, 0.4) is 0 Å². The quantitative estimate of drug-likeness (QED) is 0.533. The largest absolute Gasteiger partial charge is 0.388 e. The zero-order chi connectivity index (χ0) is 10.3. The molecule has 0 rings (SSSR count). The van der Waals surface area contributed by atoms with Crippen molar-refractivity contribution in [3.05, 3.63) is 0 Å². The molecule has 80 valence electrons. The fourth-order valence-corrected chi connectivity index (χ4v) is 1.27. The maximum Gasteiger partial charge on any atom is 0.0869 e. The van der Waals surface area contributed by atoms with Gasteiger partial charge in [0.15, 0.2) is 0 Å². The molecule has 4 heteroatoms. The summed E-state index contributed by atoms with van der Waals surface area (Å²) < 4.78 is 4.88. The molecule has 0 fully saturated rings. The minimum absolute atomic E-state index is 0.592. The highest BCUT2D eigenvalue weighted by atomic mass is 16.5. The molecule has 0 heterocycles. The van der Waals surface area contributed by atoms with Crippen molar-refractivity contribution in [2.45, 2.75) is 12.5 Å². The van der Waals surface area contributed by atoms with Crippen molar-refractivity contribution in [1.29, 1.82) is 0 Å². The van der Waals surface area contributed by atoms with Gasteiger partial charge in [0, 0.05) is 26.7 Å². The second-order valence-electron chi connectivity index (χ2n) is 3.90. The highest BCUT2D eigenvalue weighted by Gasteiger charge is 2.20. The van der Waals surface area contributed by atoms with E-state index >= 15 is 0 Å². The number of hydrogen-bond donors (Lipinski definition) is 2. The Bertz CT molecular complexity index is 127. The lowest BCUT2D eigenvalue weighted by Crippen LogP contribution is -2.46. The lowest BCUT2D eigenvalue weighted by Gasteiger charge is -2.27. The number of aliphatic hydroxyl groups is 1. The first-order chi connectivity index (χ1) is 5.98. The number of rotatable bonds is 7. The monoisotopic (exact) mass is 190 g/mol. The lowest BCUT2D eigenvalue weighted by atomic mass is 10.1. The summed E-state index contributed by atoms with van der Waals surface area (Å²) in [6.07, 6.45) is 0. The Morgan fingerprint density at radius 3 is 2.54 bits per heavy atom. The van der Waals surface area contributed by atoms with Crippen LogP contribution >= 0.6 is 0 Å². The van der Waals surface area contributed by atoms with E-state index in [-0.39, 0.29) is 0 Å². The minimum atomic E-state index is -0.669. The third-order valence-corrected chi connectivity index (χ3v) is 1.65. The molecule has 0 amide bonds. The first-order valence-corrected chi connectivity index (χ1v) is 4.55. The number of nitrogens with one attached hydrogen (secondary N) is 1. The summed E-state index contributed by atoms with van der Waals surface area (Å²) in [4.78, 5) is 1.97. The molecule has 1 atom stereocenters. The number of ether oxygens (including phenoxy) is 1. The van der Waals surface area contributed by atoms with Gasteiger partial charge in [-0.2, -0.15) is 0 Å². The highest BCUT2D eigenvalue weighted by Crippen LogP contribution is 2.01. The minimum Gasteiger partial charge on any atom is -0.388 e. The van der Waals surface area contributed by atoms with Gasteiger partial charge in [0.1, 0.15) is 0 Å². The van der Waals surface area contributed by atoms with E-state index in [1.165, 1.54) is 0 Å². The second-order valence-corrected chi connectivity index (χ2v) is 3.90. The zero-order valence-corrected chi connectivity index (χ0v) is 9.13. The van der Waals surface area contributed by atoms with E-state index in [0.29, 0.717) is 19.7 Å². The molecule has 0 aromatic carbocycles. The number of likely N-dealkylation sites (N-methyl/N-ethyl adjacent to an activating group) is 1. The van der Waals surface area contributed by atoms with Crippen molar-refractivity contribution >= 4 is 0 Å². The Balaban J connectivity index is 3.50. The van der Waals surface area contributed by atoms with Crippen LogP contribution in [0, 0.1) is 0 Å². The van der Waals surface area contributed by atoms with Gasteiger partial charge in [-0.25, -0.2) is 0 Å². The van der Waals surface area contributed by atoms with Gasteiger partial charge in [0.05, 0.1) is 12.2 Å². The summed E-state index contributed by atoms with van der Waals surface area (Å²) >= 11 is 0. The third kappa shape index (κ3) is 8.18. The Hall–Kier alpha value is -0.160. The maximum absolute atomic E-state index is 9.84. The molecule has 0 radical (unpaired) electrons. The fourth-order valence-electron chi connectivity index (χ4n) is 1.27. The zero-order valence-electron chi connectivity index (χ0n) is 9.13. The number of hydrogen-bond acceptors (Lipinski definition) is 4. The van der Waals surface area contributed by atoms with Crippen LogP contribution in [0.5, 0.6) is 0 Å². The van der Waals surface area contributed by atoms with E-state index in [1.54, 1.807) is 7.11 Å². The molecule has 2 N–H and O–H groups in total. The Labute approximate surface area is 80.9 Å². The van der Waals surface area contributed by atoms with Gasteiger partial charge >= 0.3 is 0 Å². The van der Waals surface area contributed by atoms with Crippen LogP contribution in [-0.2, 0) is 4.74 Å². The van der Waals surface area contributed by atoms with Crippen LogP contribution in [0.25, 0.3) is 0 Å². The van der Waals surface area contributed by atoms with Crippen molar-refractivity contribution in [1.82, 2.24) is 10.2 Å². The van der Waals surface area contributed by atoms with E-state index < -0.39 is 5.60 Å². The van der Waals surface area contributed by atoms with Crippen molar-refractivity contribution in [2.75, 3.05) is 47.4 Å². The number of nitrogens with zero attached hydrogens (tertiary/aromatic N) is 1. The van der Waals surface area contributed by atoms with E-state index in [0.717, 1.165) is 6.54 Å². The molecule has 0 bridgehead atoms. The van der Waals surface area contributed by atoms with Crippen molar-refractivity contribution in [3.8, 4) is 0 Å². The van der Waals surface area contributed by atoms with Gasteiger partial charge in [-0.1, -0.05) is 0 Å². The van der Waals surface area contributed by atoms with Gasteiger partial charge in [0.2, 0.25) is 0 Å². The molecule has 13 heavy (non-hydrogen) atoms. The van der Waals surface area contributed by atoms with Crippen LogP contribution < -0.4 is 5.32 Å². The predicted molar refractivity (Wildman–Crippen MR) is 53.9 cm³/mol. The van der Waals surface area contributed by atoms with E-state index in [1.807, 2.05) is 25.9 Å². The van der Waals surface area contributed by atoms with Crippen LogP contribution in [-0.4, -0.2) is 63.1 Å². The normalized spacial score (nSPS) is 16.2. The molecule has 0 aromatic heterocycles. The Kier molecular flexibility index (Phi) is 6.24. The van der Waals surface area contributed by atoms with E-state index in [4.69, 9.17) is 4.74 Å². The van der Waals surface area contributed by atoms with Crippen molar-refractivity contribution < 1.29 is 9.84 Å². The van der Waals surface area contributed by atoms with Crippen LogP contribution in [0.1, 0.15) is 6.92 Å². The van der Waals surface area contributed by atoms with Gasteiger partial charge in [0.25, 0.3) is 0 Å². The predicted octanol–water partition coefficient (Wildman–Crippen LogP) is -0.465. The summed E-state index contributed by atoms with van der Waals surface area (Å²) in [6.45, 7) is 4.53. The van der Waals surface area contributed by atoms with Crippen molar-refractivity contribution in [3.63, 3.8) is 0 Å². The molecule has 0 aromatic rings. The third-order valence-electron chi connectivity index (χ3n) is 1.65. The SMILES string of the molecule is COCCNCC(C)(O)CN(C)C. The lowest BCUT2D eigenvalue weighted by molar-refractivity contribution is 0.0325.